The Morgan fingerprint density at radius 2 is 1.47 bits per heavy atom. The topological polar surface area (TPSA) is 37.3 Å². The van der Waals surface area contributed by atoms with Gasteiger partial charge in [-0.05, 0) is 104 Å². The van der Waals surface area contributed by atoms with Crippen LogP contribution in [-0.2, 0) is 4.79 Å². The molecule has 0 aromatic heterocycles. The molecule has 252 valence electrons. The van der Waals surface area contributed by atoms with Crippen molar-refractivity contribution in [3.63, 3.8) is 0 Å². The summed E-state index contributed by atoms with van der Waals surface area (Å²) in [6.45, 7) is 3.70. The summed E-state index contributed by atoms with van der Waals surface area (Å²) in [5.74, 6) is -4.03. The third-order valence-corrected chi connectivity index (χ3v) is 13.7. The molecule has 1 N–H and O–H groups in total. The number of allylic oxidation sites excluding steroid dienone is 1. The first-order valence-corrected chi connectivity index (χ1v) is 18.3. The van der Waals surface area contributed by atoms with E-state index < -0.39 is 35.5 Å². The van der Waals surface area contributed by atoms with Crippen LogP contribution in [0.2, 0.25) is 0 Å². The van der Waals surface area contributed by atoms with E-state index in [1.165, 1.54) is 43.9 Å². The third-order valence-electron chi connectivity index (χ3n) is 12.6. The lowest BCUT2D eigenvalue weighted by Gasteiger charge is -2.62. The number of carbonyl (C=O) groups excluding carboxylic acids is 1. The Labute approximate surface area is 270 Å². The molecule has 0 aliphatic heterocycles. The summed E-state index contributed by atoms with van der Waals surface area (Å²) in [4.78, 5) is 13.8. The van der Waals surface area contributed by atoms with Crippen molar-refractivity contribution in [1.29, 1.82) is 0 Å². The van der Waals surface area contributed by atoms with Crippen LogP contribution in [0, 0.1) is 34.5 Å². The fourth-order valence-electron chi connectivity index (χ4n) is 10.0. The molecular weight excluding hydrogens is 603 g/mol. The summed E-state index contributed by atoms with van der Waals surface area (Å²) in [7, 11) is 0. The number of hydrogen-bond acceptors (Lipinski definition) is 3. The highest BCUT2D eigenvalue weighted by Crippen LogP contribution is 2.72. The summed E-state index contributed by atoms with van der Waals surface area (Å²) in [5.41, 5.74) is -3.68. The number of thioether (sulfide) groups is 1. The molecule has 4 aliphatic rings. The molecule has 5 rings (SSSR count). The van der Waals surface area contributed by atoms with Gasteiger partial charge in [0.2, 0.25) is 0 Å². The van der Waals surface area contributed by atoms with Crippen molar-refractivity contribution in [1.82, 2.24) is 0 Å². The van der Waals surface area contributed by atoms with E-state index in [0.29, 0.717) is 25.7 Å². The van der Waals surface area contributed by atoms with Gasteiger partial charge in [0.1, 0.15) is 5.60 Å². The maximum absolute atomic E-state index is 15.0. The molecule has 8 heteroatoms. The molecule has 0 radical (unpaired) electrons. The van der Waals surface area contributed by atoms with E-state index in [2.05, 4.69) is 31.2 Å². The zero-order chi connectivity index (χ0) is 32.5. The van der Waals surface area contributed by atoms with Crippen LogP contribution in [0.25, 0.3) is 0 Å². The average molecular weight is 655 g/mol. The standard InChI is InChI=1S/C37H51F5O2S/c1-33-20-17-28(43)25-27(33)24-26(14-10-7-5-3-4-6-8-13-23-45-29-15-11-9-12-16-29)32-30(33)18-21-34(2)31(32)19-22-35(34,44)36(38,39)37(40,41)42/h9,11-12,15-16,25-26,30-32,44H,3-8,10,13-14,17-24H2,1-2H3/t26?,30-,31+,32-,33+,34+,35?/m1/s1. The Morgan fingerprint density at radius 3 is 2.13 bits per heavy atom. The minimum absolute atomic E-state index is 0.0223. The van der Waals surface area contributed by atoms with Crippen LogP contribution < -0.4 is 0 Å². The number of benzene rings is 1. The molecule has 7 atom stereocenters. The number of ketones is 1. The Hall–Kier alpha value is -1.41. The number of aliphatic hydroxyl groups is 1. The normalized spacial score (nSPS) is 35.0. The molecule has 4 aliphatic carbocycles. The van der Waals surface area contributed by atoms with Gasteiger partial charge in [-0.1, -0.05) is 82.6 Å². The zero-order valence-corrected chi connectivity index (χ0v) is 27.8. The second-order valence-corrected chi connectivity index (χ2v) is 16.2. The SMILES string of the molecule is C[C@]12CCC(=O)C=C1CC(CCCCCCCCCCSc1ccccc1)[C@@H]1[C@H]2CC[C@@]2(C)[C@H]1CCC2(O)C(F)(F)C(F)(F)F. The smallest absolute Gasteiger partial charge is 0.383 e. The second kappa shape index (κ2) is 13.6. The Balaban J connectivity index is 1.18. The van der Waals surface area contributed by atoms with Gasteiger partial charge in [0.15, 0.2) is 5.78 Å². The van der Waals surface area contributed by atoms with Crippen molar-refractivity contribution in [2.75, 3.05) is 5.75 Å². The first-order chi connectivity index (χ1) is 21.2. The number of halogens is 5. The van der Waals surface area contributed by atoms with E-state index in [1.54, 1.807) is 0 Å². The van der Waals surface area contributed by atoms with Crippen molar-refractivity contribution in [2.24, 2.45) is 34.5 Å². The molecule has 0 spiro atoms. The average Bonchev–Trinajstić information content (AvgIpc) is 3.28. The molecule has 0 bridgehead atoms. The molecular formula is C37H51F5O2S. The van der Waals surface area contributed by atoms with Gasteiger partial charge in [-0.25, -0.2) is 0 Å². The lowest BCUT2D eigenvalue weighted by atomic mass is 9.43. The minimum Gasteiger partial charge on any atom is -0.383 e. The predicted octanol–water partition coefficient (Wildman–Crippen LogP) is 11.0. The molecule has 2 unspecified atom stereocenters. The van der Waals surface area contributed by atoms with Crippen LogP contribution in [0.5, 0.6) is 0 Å². The van der Waals surface area contributed by atoms with E-state index in [-0.39, 0.29) is 41.8 Å². The monoisotopic (exact) mass is 654 g/mol. The zero-order valence-electron chi connectivity index (χ0n) is 26.9. The largest absolute Gasteiger partial charge is 0.456 e. The molecule has 3 fully saturated rings. The molecule has 0 amide bonds. The van der Waals surface area contributed by atoms with Crippen molar-refractivity contribution in [3.8, 4) is 0 Å². The van der Waals surface area contributed by atoms with Crippen LogP contribution in [0.4, 0.5) is 22.0 Å². The van der Waals surface area contributed by atoms with Gasteiger partial charge in [-0.15, -0.1) is 11.8 Å². The van der Waals surface area contributed by atoms with E-state index in [1.807, 2.05) is 23.9 Å². The Kier molecular flexibility index (Phi) is 10.6. The number of unbranched alkanes of at least 4 members (excludes halogenated alkanes) is 7. The van der Waals surface area contributed by atoms with Crippen molar-refractivity contribution >= 4 is 17.5 Å². The van der Waals surface area contributed by atoms with Gasteiger partial charge >= 0.3 is 12.1 Å². The number of hydrogen-bond donors (Lipinski definition) is 1. The molecule has 45 heavy (non-hydrogen) atoms. The second-order valence-electron chi connectivity index (χ2n) is 15.0. The van der Waals surface area contributed by atoms with Crippen LogP contribution in [-0.4, -0.2) is 34.3 Å². The first kappa shape index (κ1) is 34.9. The summed E-state index contributed by atoms with van der Waals surface area (Å²) < 4.78 is 71.1. The minimum atomic E-state index is -5.80. The highest BCUT2D eigenvalue weighted by atomic mass is 32.2. The van der Waals surface area contributed by atoms with E-state index in [9.17, 15) is 23.1 Å². The van der Waals surface area contributed by atoms with Gasteiger partial charge in [-0.3, -0.25) is 4.79 Å². The molecule has 3 saturated carbocycles. The Bertz CT molecular complexity index is 1200. The maximum atomic E-state index is 15.0. The van der Waals surface area contributed by atoms with Gasteiger partial charge in [0, 0.05) is 16.7 Å². The van der Waals surface area contributed by atoms with Crippen molar-refractivity contribution < 1.29 is 31.9 Å². The summed E-state index contributed by atoms with van der Waals surface area (Å²) in [6.07, 6.45) is 8.39. The van der Waals surface area contributed by atoms with Crippen LogP contribution >= 0.6 is 11.8 Å². The van der Waals surface area contributed by atoms with E-state index in [0.717, 1.165) is 37.0 Å². The quantitative estimate of drug-likeness (QED) is 0.131. The highest BCUT2D eigenvalue weighted by Gasteiger charge is 2.79. The van der Waals surface area contributed by atoms with Crippen molar-refractivity contribution in [3.05, 3.63) is 42.0 Å². The fourth-order valence-corrected chi connectivity index (χ4v) is 11.0. The van der Waals surface area contributed by atoms with Crippen LogP contribution in [0.3, 0.4) is 0 Å². The maximum Gasteiger partial charge on any atom is 0.456 e. The van der Waals surface area contributed by atoms with Gasteiger partial charge in [-0.2, -0.15) is 22.0 Å². The third kappa shape index (κ3) is 6.54. The predicted molar refractivity (Wildman–Crippen MR) is 170 cm³/mol. The van der Waals surface area contributed by atoms with E-state index in [4.69, 9.17) is 0 Å². The van der Waals surface area contributed by atoms with Gasteiger partial charge in [0.25, 0.3) is 0 Å². The van der Waals surface area contributed by atoms with Crippen molar-refractivity contribution in [2.45, 2.75) is 139 Å². The highest BCUT2D eigenvalue weighted by molar-refractivity contribution is 7.99. The van der Waals surface area contributed by atoms with E-state index >= 15 is 8.78 Å². The number of carbonyl (C=O) groups is 1. The summed E-state index contributed by atoms with van der Waals surface area (Å²) >= 11 is 1.91. The Morgan fingerprint density at radius 1 is 0.844 bits per heavy atom. The first-order valence-electron chi connectivity index (χ1n) is 17.3. The molecule has 1 aromatic rings. The van der Waals surface area contributed by atoms with Crippen LogP contribution in [0.1, 0.15) is 117 Å². The lowest BCUT2D eigenvalue weighted by molar-refractivity contribution is -0.364. The lowest BCUT2D eigenvalue weighted by Crippen LogP contribution is -2.66. The molecule has 2 nitrogen and oxygen atoms in total. The molecule has 1 aromatic carbocycles. The number of rotatable bonds is 13. The van der Waals surface area contributed by atoms with Crippen LogP contribution in [0.15, 0.2) is 46.9 Å². The van der Waals surface area contributed by atoms with Gasteiger partial charge < -0.3 is 5.11 Å². The van der Waals surface area contributed by atoms with Gasteiger partial charge in [0.05, 0.1) is 0 Å². The molecule has 0 saturated heterocycles. The number of alkyl halides is 5. The molecule has 0 heterocycles. The summed E-state index contributed by atoms with van der Waals surface area (Å²) in [5, 5.41) is 11.3. The summed E-state index contributed by atoms with van der Waals surface area (Å²) in [6, 6.07) is 10.5. The fraction of sp³-hybridized carbons (Fsp3) is 0.757. The number of fused-ring (bicyclic) bond motifs is 5.